The molecule has 0 bridgehead atoms. The zero-order valence-electron chi connectivity index (χ0n) is 17.7. The summed E-state index contributed by atoms with van der Waals surface area (Å²) in [6.07, 6.45) is 0.612. The molecular formula is C25H26ClN3O3. The second kappa shape index (κ2) is 9.18. The van der Waals surface area contributed by atoms with Gasteiger partial charge in [0.25, 0.3) is 5.91 Å². The number of carbonyl (C=O) groups is 2. The maximum absolute atomic E-state index is 13.1. The molecule has 3 aromatic carbocycles. The van der Waals surface area contributed by atoms with Crippen molar-refractivity contribution in [1.82, 2.24) is 9.80 Å². The number of amides is 2. The third kappa shape index (κ3) is 4.16. The van der Waals surface area contributed by atoms with Crippen molar-refractivity contribution in [2.45, 2.75) is 12.5 Å². The van der Waals surface area contributed by atoms with E-state index in [1.807, 2.05) is 23.1 Å². The maximum Gasteiger partial charge on any atom is 0.410 e. The van der Waals surface area contributed by atoms with E-state index in [1.54, 1.807) is 4.90 Å². The molecule has 0 spiro atoms. The van der Waals surface area contributed by atoms with E-state index in [1.165, 1.54) is 5.56 Å². The summed E-state index contributed by atoms with van der Waals surface area (Å²) in [6, 6.07) is 20.6. The molecule has 6 nitrogen and oxygen atoms in total. The first kappa shape index (κ1) is 22.1. The predicted octanol–water partition coefficient (Wildman–Crippen LogP) is 3.71. The van der Waals surface area contributed by atoms with Gasteiger partial charge in [0, 0.05) is 25.2 Å². The standard InChI is InChI=1S/C25H25N3O3.ClH/c26-10-9-17-1-3-18(4-2-17)19-5-6-21-14-22(8-7-20(21)13-19)24(29)27-11-12-28-23(15-27)16-31-25(28)30;/h1-8,13-14,23H,9-12,15-16,26H2;1H. The molecule has 32 heavy (non-hydrogen) atoms. The number of fused-ring (bicyclic) bond motifs is 2. The van der Waals surface area contributed by atoms with Gasteiger partial charge in [0.1, 0.15) is 6.61 Å². The molecule has 5 rings (SSSR count). The van der Waals surface area contributed by atoms with Gasteiger partial charge in [-0.1, -0.05) is 42.5 Å². The van der Waals surface area contributed by atoms with Crippen LogP contribution in [0.1, 0.15) is 15.9 Å². The second-order valence-corrected chi connectivity index (χ2v) is 8.19. The van der Waals surface area contributed by atoms with Crippen LogP contribution in [0.3, 0.4) is 0 Å². The summed E-state index contributed by atoms with van der Waals surface area (Å²) in [5.74, 6) is 0.000433. The number of ether oxygens (including phenoxy) is 1. The van der Waals surface area contributed by atoms with Crippen LogP contribution >= 0.6 is 12.4 Å². The van der Waals surface area contributed by atoms with Crippen LogP contribution < -0.4 is 5.73 Å². The summed E-state index contributed by atoms with van der Waals surface area (Å²) >= 11 is 0. The average Bonchev–Trinajstić information content (AvgIpc) is 3.18. The zero-order valence-corrected chi connectivity index (χ0v) is 18.5. The van der Waals surface area contributed by atoms with Gasteiger partial charge in [0.15, 0.2) is 0 Å². The first-order chi connectivity index (χ1) is 15.1. The Kier molecular flexibility index (Phi) is 6.35. The predicted molar refractivity (Wildman–Crippen MR) is 127 cm³/mol. The monoisotopic (exact) mass is 451 g/mol. The normalized spacial score (nSPS) is 17.7. The van der Waals surface area contributed by atoms with E-state index in [4.69, 9.17) is 10.5 Å². The van der Waals surface area contributed by atoms with E-state index in [2.05, 4.69) is 42.5 Å². The smallest absolute Gasteiger partial charge is 0.410 e. The first-order valence-corrected chi connectivity index (χ1v) is 10.7. The molecule has 1 unspecified atom stereocenters. The average molecular weight is 452 g/mol. The van der Waals surface area contributed by atoms with Crippen molar-refractivity contribution < 1.29 is 14.3 Å². The SMILES string of the molecule is Cl.NCCc1ccc(-c2ccc3cc(C(=O)N4CCN5C(=O)OCC5C4)ccc3c2)cc1. The van der Waals surface area contributed by atoms with Crippen molar-refractivity contribution in [1.29, 1.82) is 0 Å². The van der Waals surface area contributed by atoms with Gasteiger partial charge in [0.05, 0.1) is 6.04 Å². The van der Waals surface area contributed by atoms with Gasteiger partial charge in [-0.2, -0.15) is 0 Å². The zero-order chi connectivity index (χ0) is 21.4. The minimum atomic E-state index is -0.271. The molecule has 0 aromatic heterocycles. The minimum absolute atomic E-state index is 0. The number of piperazine rings is 1. The molecule has 2 fully saturated rings. The number of halogens is 1. The molecular weight excluding hydrogens is 426 g/mol. The molecule has 2 heterocycles. The number of benzene rings is 3. The molecule has 2 aliphatic rings. The topological polar surface area (TPSA) is 75.9 Å². The van der Waals surface area contributed by atoms with E-state index >= 15 is 0 Å². The largest absolute Gasteiger partial charge is 0.447 e. The fraction of sp³-hybridized carbons (Fsp3) is 0.280. The van der Waals surface area contributed by atoms with Crippen LogP contribution in [0.5, 0.6) is 0 Å². The number of hydrogen-bond donors (Lipinski definition) is 1. The minimum Gasteiger partial charge on any atom is -0.447 e. The molecule has 7 heteroatoms. The van der Waals surface area contributed by atoms with E-state index in [-0.39, 0.29) is 30.4 Å². The number of hydrogen-bond acceptors (Lipinski definition) is 4. The lowest BCUT2D eigenvalue weighted by atomic mass is 9.98. The van der Waals surface area contributed by atoms with Crippen LogP contribution in [0.4, 0.5) is 4.79 Å². The Morgan fingerprint density at radius 2 is 1.69 bits per heavy atom. The first-order valence-electron chi connectivity index (χ1n) is 10.7. The summed E-state index contributed by atoms with van der Waals surface area (Å²) < 4.78 is 5.10. The highest BCUT2D eigenvalue weighted by Gasteiger charge is 2.38. The molecule has 0 saturated carbocycles. The lowest BCUT2D eigenvalue weighted by Gasteiger charge is -2.35. The van der Waals surface area contributed by atoms with Gasteiger partial charge in [-0.05, 0) is 58.6 Å². The second-order valence-electron chi connectivity index (χ2n) is 8.19. The molecule has 2 aliphatic heterocycles. The van der Waals surface area contributed by atoms with Gasteiger partial charge in [-0.25, -0.2) is 4.79 Å². The van der Waals surface area contributed by atoms with Crippen LogP contribution in [-0.2, 0) is 11.2 Å². The Morgan fingerprint density at radius 3 is 2.47 bits per heavy atom. The van der Waals surface area contributed by atoms with Gasteiger partial charge in [-0.15, -0.1) is 12.4 Å². The molecule has 2 amide bonds. The molecule has 2 N–H and O–H groups in total. The fourth-order valence-electron chi connectivity index (χ4n) is 4.44. The molecule has 1 atom stereocenters. The molecule has 166 valence electrons. The number of rotatable bonds is 4. The van der Waals surface area contributed by atoms with Crippen molar-refractivity contribution in [3.63, 3.8) is 0 Å². The van der Waals surface area contributed by atoms with Crippen LogP contribution in [0.25, 0.3) is 21.9 Å². The van der Waals surface area contributed by atoms with Gasteiger partial charge in [0.2, 0.25) is 0 Å². The quantitative estimate of drug-likeness (QED) is 0.656. The third-order valence-electron chi connectivity index (χ3n) is 6.21. The van der Waals surface area contributed by atoms with E-state index < -0.39 is 0 Å². The van der Waals surface area contributed by atoms with E-state index in [0.717, 1.165) is 28.3 Å². The van der Waals surface area contributed by atoms with Crippen molar-refractivity contribution >= 4 is 35.2 Å². The Balaban J connectivity index is 0.00000245. The number of cyclic esters (lactones) is 1. The Bertz CT molecular complexity index is 1150. The maximum atomic E-state index is 13.1. The highest BCUT2D eigenvalue weighted by atomic mass is 35.5. The van der Waals surface area contributed by atoms with Gasteiger partial charge in [-0.3, -0.25) is 9.69 Å². The van der Waals surface area contributed by atoms with Crippen LogP contribution in [-0.4, -0.2) is 60.6 Å². The van der Waals surface area contributed by atoms with Crippen LogP contribution in [0, 0.1) is 0 Å². The summed E-state index contributed by atoms with van der Waals surface area (Å²) in [6.45, 7) is 2.58. The summed E-state index contributed by atoms with van der Waals surface area (Å²) in [5, 5.41) is 2.13. The summed E-state index contributed by atoms with van der Waals surface area (Å²) in [5.41, 5.74) is 9.85. The number of nitrogens with two attached hydrogens (primary N) is 1. The summed E-state index contributed by atoms with van der Waals surface area (Å²) in [4.78, 5) is 28.3. The number of carbonyl (C=O) groups excluding carboxylic acids is 2. The summed E-state index contributed by atoms with van der Waals surface area (Å²) in [7, 11) is 0. The van der Waals surface area contributed by atoms with E-state index in [0.29, 0.717) is 38.3 Å². The molecule has 2 saturated heterocycles. The van der Waals surface area contributed by atoms with Crippen molar-refractivity contribution in [3.8, 4) is 11.1 Å². The van der Waals surface area contributed by atoms with Crippen molar-refractivity contribution in [2.24, 2.45) is 5.73 Å². The Hall–Kier alpha value is -3.09. The van der Waals surface area contributed by atoms with Crippen molar-refractivity contribution in [3.05, 3.63) is 71.8 Å². The van der Waals surface area contributed by atoms with Gasteiger partial charge >= 0.3 is 6.09 Å². The van der Waals surface area contributed by atoms with E-state index in [9.17, 15) is 9.59 Å². The van der Waals surface area contributed by atoms with Crippen LogP contribution in [0.15, 0.2) is 60.7 Å². The number of nitrogens with zero attached hydrogens (tertiary/aromatic N) is 2. The van der Waals surface area contributed by atoms with Crippen molar-refractivity contribution in [2.75, 3.05) is 32.8 Å². The lowest BCUT2D eigenvalue weighted by molar-refractivity contribution is 0.0617. The van der Waals surface area contributed by atoms with Gasteiger partial charge < -0.3 is 15.4 Å². The molecule has 0 aliphatic carbocycles. The lowest BCUT2D eigenvalue weighted by Crippen LogP contribution is -2.53. The highest BCUT2D eigenvalue weighted by Crippen LogP contribution is 2.27. The third-order valence-corrected chi connectivity index (χ3v) is 6.21. The van der Waals surface area contributed by atoms with Crippen LogP contribution in [0.2, 0.25) is 0 Å². The molecule has 3 aromatic rings. The Labute approximate surface area is 193 Å². The Morgan fingerprint density at radius 1 is 0.969 bits per heavy atom. The highest BCUT2D eigenvalue weighted by molar-refractivity contribution is 5.99. The molecule has 0 radical (unpaired) electrons. The fourth-order valence-corrected chi connectivity index (χ4v) is 4.44.